The molecule has 0 bridgehead atoms. The van der Waals surface area contributed by atoms with Gasteiger partial charge in [0.25, 0.3) is 0 Å². The molecule has 0 atom stereocenters. The summed E-state index contributed by atoms with van der Waals surface area (Å²) < 4.78 is 0. The number of aldehydes is 1. The Balaban J connectivity index is 3.32. The van der Waals surface area contributed by atoms with E-state index in [2.05, 4.69) is 4.98 Å². The highest BCUT2D eigenvalue weighted by Gasteiger charge is 2.05. The minimum atomic E-state index is -0.264. The number of aromatic nitrogens is 1. The van der Waals surface area contributed by atoms with E-state index in [9.17, 15) is 9.59 Å². The van der Waals surface area contributed by atoms with Crippen molar-refractivity contribution in [3.63, 3.8) is 0 Å². The zero-order chi connectivity index (χ0) is 9.84. The Labute approximate surface area is 74.8 Å². The van der Waals surface area contributed by atoms with Gasteiger partial charge in [0.05, 0.1) is 11.6 Å². The summed E-state index contributed by atoms with van der Waals surface area (Å²) in [5.74, 6) is -0.264. The van der Waals surface area contributed by atoms with Crippen LogP contribution in [-0.4, -0.2) is 17.1 Å². The maximum atomic E-state index is 10.9. The smallest absolute Gasteiger partial charge is 0.178 e. The van der Waals surface area contributed by atoms with Crippen LogP contribution in [0.4, 0.5) is 0 Å². The summed E-state index contributed by atoms with van der Waals surface area (Å²) in [6, 6.07) is 4.54. The van der Waals surface area contributed by atoms with Gasteiger partial charge in [0, 0.05) is 6.92 Å². The Bertz CT molecular complexity index is 405. The van der Waals surface area contributed by atoms with E-state index in [1.165, 1.54) is 19.1 Å². The van der Waals surface area contributed by atoms with Gasteiger partial charge in [-0.2, -0.15) is 5.26 Å². The van der Waals surface area contributed by atoms with Gasteiger partial charge in [-0.15, -0.1) is 0 Å². The van der Waals surface area contributed by atoms with Gasteiger partial charge in [-0.05, 0) is 12.1 Å². The molecule has 0 saturated carbocycles. The first kappa shape index (κ1) is 9.07. The second-order valence-electron chi connectivity index (χ2n) is 2.45. The lowest BCUT2D eigenvalue weighted by atomic mass is 10.2. The third-order valence-corrected chi connectivity index (χ3v) is 1.46. The van der Waals surface area contributed by atoms with E-state index >= 15 is 0 Å². The van der Waals surface area contributed by atoms with Crippen molar-refractivity contribution in [1.82, 2.24) is 4.98 Å². The predicted octanol–water partition coefficient (Wildman–Crippen LogP) is 0.968. The van der Waals surface area contributed by atoms with Crippen LogP contribution in [0.5, 0.6) is 0 Å². The summed E-state index contributed by atoms with van der Waals surface area (Å²) in [6.45, 7) is 1.33. The van der Waals surface area contributed by atoms with Gasteiger partial charge in [-0.3, -0.25) is 9.59 Å². The molecule has 1 aromatic heterocycles. The molecule has 0 radical (unpaired) electrons. The maximum absolute atomic E-state index is 10.9. The van der Waals surface area contributed by atoms with Crippen LogP contribution in [0.1, 0.15) is 33.5 Å². The van der Waals surface area contributed by atoms with Gasteiger partial charge < -0.3 is 0 Å². The largest absolute Gasteiger partial charge is 0.296 e. The average Bonchev–Trinajstić information content (AvgIpc) is 2.16. The molecule has 4 heteroatoms. The fourth-order valence-electron chi connectivity index (χ4n) is 0.857. The summed E-state index contributed by atoms with van der Waals surface area (Å²) >= 11 is 0. The van der Waals surface area contributed by atoms with Crippen LogP contribution in [-0.2, 0) is 0 Å². The van der Waals surface area contributed by atoms with Crippen molar-refractivity contribution < 1.29 is 9.59 Å². The standard InChI is InChI=1S/C9H6N2O2/c1-6(13)9-3-7(4-10)2-8(5-12)11-9/h2-3,5H,1H3. The lowest BCUT2D eigenvalue weighted by molar-refractivity contribution is 0.101. The Kier molecular flexibility index (Phi) is 2.50. The zero-order valence-electron chi connectivity index (χ0n) is 6.94. The number of carbonyl (C=O) groups excluding carboxylic acids is 2. The molecule has 64 valence electrons. The second-order valence-corrected chi connectivity index (χ2v) is 2.45. The Morgan fingerprint density at radius 2 is 2.31 bits per heavy atom. The van der Waals surface area contributed by atoms with E-state index in [4.69, 9.17) is 5.26 Å². The molecular weight excluding hydrogens is 168 g/mol. The molecule has 0 aliphatic carbocycles. The highest BCUT2D eigenvalue weighted by Crippen LogP contribution is 2.04. The average molecular weight is 174 g/mol. The first-order chi connectivity index (χ1) is 6.17. The number of carbonyl (C=O) groups is 2. The molecule has 4 nitrogen and oxygen atoms in total. The van der Waals surface area contributed by atoms with E-state index in [1.807, 2.05) is 6.07 Å². The van der Waals surface area contributed by atoms with Crippen LogP contribution in [0.2, 0.25) is 0 Å². The van der Waals surface area contributed by atoms with E-state index in [-0.39, 0.29) is 22.7 Å². The number of nitrogens with zero attached hydrogens (tertiary/aromatic N) is 2. The van der Waals surface area contributed by atoms with Crippen molar-refractivity contribution in [2.75, 3.05) is 0 Å². The lowest BCUT2D eigenvalue weighted by Crippen LogP contribution is -2.00. The van der Waals surface area contributed by atoms with Crippen molar-refractivity contribution in [3.8, 4) is 6.07 Å². The van der Waals surface area contributed by atoms with E-state index < -0.39 is 0 Å². The molecule has 0 saturated heterocycles. The fraction of sp³-hybridized carbons (Fsp3) is 0.111. The normalized spacial score (nSPS) is 8.92. The van der Waals surface area contributed by atoms with E-state index in [0.717, 1.165) is 0 Å². The van der Waals surface area contributed by atoms with Crippen LogP contribution in [0.3, 0.4) is 0 Å². The van der Waals surface area contributed by atoms with Gasteiger partial charge in [-0.25, -0.2) is 4.98 Å². The highest BCUT2D eigenvalue weighted by molar-refractivity contribution is 5.93. The number of hydrogen-bond donors (Lipinski definition) is 0. The minimum absolute atomic E-state index is 0.101. The van der Waals surface area contributed by atoms with Crippen molar-refractivity contribution >= 4 is 12.1 Å². The predicted molar refractivity (Wildman–Crippen MR) is 44.3 cm³/mol. The monoisotopic (exact) mass is 174 g/mol. The molecule has 0 N–H and O–H groups in total. The Hall–Kier alpha value is -2.02. The van der Waals surface area contributed by atoms with Gasteiger partial charge in [0.15, 0.2) is 12.1 Å². The summed E-state index contributed by atoms with van der Waals surface area (Å²) in [6.07, 6.45) is 0.507. The molecule has 0 unspecified atom stereocenters. The van der Waals surface area contributed by atoms with Crippen LogP contribution < -0.4 is 0 Å². The van der Waals surface area contributed by atoms with Gasteiger partial charge >= 0.3 is 0 Å². The molecular formula is C9H6N2O2. The second kappa shape index (κ2) is 3.59. The molecule has 0 amide bonds. The summed E-state index contributed by atoms with van der Waals surface area (Å²) in [5, 5.41) is 8.56. The summed E-state index contributed by atoms with van der Waals surface area (Å²) in [7, 11) is 0. The Morgan fingerprint density at radius 3 is 2.77 bits per heavy atom. The topological polar surface area (TPSA) is 70.8 Å². The summed E-state index contributed by atoms with van der Waals surface area (Å²) in [5.41, 5.74) is 0.507. The third-order valence-electron chi connectivity index (χ3n) is 1.46. The third kappa shape index (κ3) is 1.97. The first-order valence-corrected chi connectivity index (χ1v) is 3.55. The highest BCUT2D eigenvalue weighted by atomic mass is 16.1. The lowest BCUT2D eigenvalue weighted by Gasteiger charge is -1.96. The van der Waals surface area contributed by atoms with Crippen molar-refractivity contribution in [2.24, 2.45) is 0 Å². The molecule has 0 aliphatic heterocycles. The molecule has 0 aromatic carbocycles. The molecule has 1 heterocycles. The van der Waals surface area contributed by atoms with Crippen molar-refractivity contribution in [2.45, 2.75) is 6.92 Å². The molecule has 0 spiro atoms. The number of ketones is 1. The van der Waals surface area contributed by atoms with Gasteiger partial charge in [0.1, 0.15) is 11.4 Å². The quantitative estimate of drug-likeness (QED) is 0.494. The van der Waals surface area contributed by atoms with E-state index in [0.29, 0.717) is 6.29 Å². The zero-order valence-corrected chi connectivity index (χ0v) is 6.94. The van der Waals surface area contributed by atoms with E-state index in [1.54, 1.807) is 0 Å². The van der Waals surface area contributed by atoms with Crippen molar-refractivity contribution in [1.29, 1.82) is 5.26 Å². The summed E-state index contributed by atoms with van der Waals surface area (Å²) in [4.78, 5) is 25.0. The maximum Gasteiger partial charge on any atom is 0.178 e. The first-order valence-electron chi connectivity index (χ1n) is 3.55. The van der Waals surface area contributed by atoms with Gasteiger partial charge in [-0.1, -0.05) is 0 Å². The molecule has 13 heavy (non-hydrogen) atoms. The number of Topliss-reactive ketones (excluding diaryl/α,β-unsaturated/α-hetero) is 1. The SMILES string of the molecule is CC(=O)c1cc(C#N)cc(C=O)n1. The molecule has 1 aromatic rings. The molecule has 0 fully saturated rings. The molecule has 1 rings (SSSR count). The van der Waals surface area contributed by atoms with Crippen LogP contribution >= 0.6 is 0 Å². The Morgan fingerprint density at radius 1 is 1.62 bits per heavy atom. The number of pyridine rings is 1. The number of hydrogen-bond acceptors (Lipinski definition) is 4. The van der Waals surface area contributed by atoms with Crippen LogP contribution in [0.15, 0.2) is 12.1 Å². The van der Waals surface area contributed by atoms with Crippen molar-refractivity contribution in [3.05, 3.63) is 29.1 Å². The minimum Gasteiger partial charge on any atom is -0.296 e. The molecule has 0 aliphatic rings. The van der Waals surface area contributed by atoms with Crippen LogP contribution in [0, 0.1) is 11.3 Å². The number of nitriles is 1. The fourth-order valence-corrected chi connectivity index (χ4v) is 0.857. The number of rotatable bonds is 2. The van der Waals surface area contributed by atoms with Crippen LogP contribution in [0.25, 0.3) is 0 Å². The van der Waals surface area contributed by atoms with Gasteiger partial charge in [0.2, 0.25) is 0 Å².